The lowest BCUT2D eigenvalue weighted by Crippen LogP contribution is -2.52. The number of ether oxygens (including phenoxy) is 6. The number of hydrogen-bond donors (Lipinski definition) is 11. The van der Waals surface area contributed by atoms with E-state index in [1.165, 1.54) is 58.1 Å². The molecule has 2 aromatic carbocycles. The van der Waals surface area contributed by atoms with E-state index < -0.39 is 135 Å². The number of carbonyl (C=O) groups is 4. The first kappa shape index (κ1) is 72.5. The third-order valence-electron chi connectivity index (χ3n) is 12.6. The fourth-order valence-corrected chi connectivity index (χ4v) is 15.5. The highest BCUT2D eigenvalue weighted by molar-refractivity contribution is 8.77. The largest absolute Gasteiger partial charge is 0.490 e. The van der Waals surface area contributed by atoms with Crippen molar-refractivity contribution in [2.75, 3.05) is 71.1 Å². The van der Waals surface area contributed by atoms with Crippen LogP contribution in [0.2, 0.25) is 0 Å². The van der Waals surface area contributed by atoms with Gasteiger partial charge >= 0.3 is 35.5 Å². The van der Waals surface area contributed by atoms with Crippen molar-refractivity contribution in [3.05, 3.63) is 71.2 Å². The van der Waals surface area contributed by atoms with Crippen molar-refractivity contribution in [1.29, 1.82) is 5.41 Å². The minimum absolute atomic E-state index is 0.0149. The summed E-state index contributed by atoms with van der Waals surface area (Å²) in [6.45, 7) is 4.66. The number of nitrogen functional groups attached to an aromatic ring is 1. The van der Waals surface area contributed by atoms with Crippen LogP contribution in [0.5, 0.6) is 0 Å². The second-order valence-electron chi connectivity index (χ2n) is 19.7. The number of phosphoric acid groups is 3. The number of phosphoric ester groups is 1. The molecule has 0 saturated carbocycles. The Labute approximate surface area is 510 Å². The van der Waals surface area contributed by atoms with Gasteiger partial charge in [0.15, 0.2) is 26.9 Å². The van der Waals surface area contributed by atoms with Crippen LogP contribution in [-0.4, -0.2) is 174 Å². The van der Waals surface area contributed by atoms with Gasteiger partial charge in [-0.25, -0.2) is 23.3 Å². The zero-order chi connectivity index (χ0) is 65.0. The number of carboxylic acids is 1. The van der Waals surface area contributed by atoms with Crippen molar-refractivity contribution in [1.82, 2.24) is 10.2 Å². The predicted molar refractivity (Wildman–Crippen MR) is 310 cm³/mol. The molecule has 0 spiro atoms. The van der Waals surface area contributed by atoms with E-state index in [-0.39, 0.29) is 124 Å². The number of Topliss-reactive ketones (excluding diaryl/α,β-unsaturated/α-hetero) is 2. The molecule has 13 N–H and O–H groups in total. The van der Waals surface area contributed by atoms with Gasteiger partial charge in [0.1, 0.15) is 24.1 Å². The molecule has 0 bridgehead atoms. The lowest BCUT2D eigenvalue weighted by atomic mass is 9.89. The lowest BCUT2D eigenvalue weighted by molar-refractivity contribution is -0.120. The van der Waals surface area contributed by atoms with Crippen LogP contribution < -0.4 is 22.1 Å². The molecule has 4 aliphatic rings. The van der Waals surface area contributed by atoms with Gasteiger partial charge in [0.05, 0.1) is 81.7 Å². The van der Waals surface area contributed by atoms with E-state index in [9.17, 15) is 73.7 Å². The molecule has 6 atom stereocenters. The molecule has 1 fully saturated rings. The van der Waals surface area contributed by atoms with E-state index in [0.717, 1.165) is 23.1 Å². The molecule has 40 heteroatoms. The van der Waals surface area contributed by atoms with Crippen molar-refractivity contribution in [2.45, 2.75) is 91.5 Å². The maximum absolute atomic E-state index is 13.3. The summed E-state index contributed by atoms with van der Waals surface area (Å²) >= 11 is 0. The number of nitrogens with one attached hydrogen (secondary N) is 2. The number of fused-ring (bicyclic) bond motifs is 2. The molecular weight excluding hydrogens is 1320 g/mol. The quantitative estimate of drug-likeness (QED) is 0.00413. The van der Waals surface area contributed by atoms with Gasteiger partial charge in [-0.05, 0) is 68.7 Å². The molecule has 0 aromatic heterocycles. The van der Waals surface area contributed by atoms with Gasteiger partial charge in [0, 0.05) is 65.3 Å². The molecule has 33 nitrogen and oxygen atoms in total. The molecule has 3 heterocycles. The summed E-state index contributed by atoms with van der Waals surface area (Å²) in [5, 5.41) is 20.1. The molecule has 0 radical (unpaired) electrons. The SMILES string of the molecule is CC(C)(CCC(=O)CCOCCOCCOCCOCCCC(=O)c1ccc(-c2c3ccc(=N)c(S(=O)(=O)O)c-3oc3c(S(=O)(=O)O)c(N)ccc23)c(C(=O)O)c1)SSCOC1C[C@H](N2C=CC(N)NC2=O)O[C@@H]1COP(=O)(O)OP(=O)(O)OP(=O)(O)O. The molecule has 1 saturated heterocycles. The number of benzene rings is 3. The molecule has 2 amide bonds. The van der Waals surface area contributed by atoms with Crippen LogP contribution in [-0.2, 0) is 80.3 Å². The van der Waals surface area contributed by atoms with Gasteiger partial charge in [0.2, 0.25) is 0 Å². The van der Waals surface area contributed by atoms with Gasteiger partial charge in [-0.2, -0.15) is 25.5 Å². The molecule has 4 unspecified atom stereocenters. The number of urea groups is 1. The van der Waals surface area contributed by atoms with E-state index in [1.54, 1.807) is 0 Å². The summed E-state index contributed by atoms with van der Waals surface area (Å²) in [5.41, 5.74) is 9.40. The topological polar surface area (TPSA) is 517 Å². The van der Waals surface area contributed by atoms with E-state index in [4.69, 9.17) is 64.0 Å². The van der Waals surface area contributed by atoms with Crippen molar-refractivity contribution in [3.63, 3.8) is 0 Å². The van der Waals surface area contributed by atoms with Crippen LogP contribution in [0.25, 0.3) is 33.4 Å². The number of rotatable bonds is 37. The maximum Gasteiger partial charge on any atom is 0.490 e. The summed E-state index contributed by atoms with van der Waals surface area (Å²) in [6.07, 6.45) is 0.0969. The average molecular weight is 1380 g/mol. The van der Waals surface area contributed by atoms with E-state index in [0.29, 0.717) is 6.42 Å². The lowest BCUT2D eigenvalue weighted by Gasteiger charge is -2.30. The number of anilines is 1. The summed E-state index contributed by atoms with van der Waals surface area (Å²) in [5.74, 6) is -2.75. The van der Waals surface area contributed by atoms with Gasteiger partial charge in [0.25, 0.3) is 20.2 Å². The summed E-state index contributed by atoms with van der Waals surface area (Å²) in [6, 6.07) is 7.53. The maximum atomic E-state index is 13.3. The second kappa shape index (κ2) is 31.1. The third-order valence-corrected chi connectivity index (χ3v) is 21.3. The zero-order valence-electron chi connectivity index (χ0n) is 46.6. The van der Waals surface area contributed by atoms with Crippen LogP contribution in [0.3, 0.4) is 0 Å². The standard InChI is InChI=1S/C48H64N5O28P3S4/c1-48(2,86-85-27-76-37-25-40(53-15-12-39(51)52-47(53)58)78-38(37)26-77-83(62,63)81-84(64,65)80-82(59,60)61)14-11-29(54)13-17-73-19-21-75-23-22-74-20-18-72-16-3-4-36(55)28-5-6-30(33(24-28)46(56)57)41-31-7-9-34(49)44(87(66,67)68)42(31)79-43-32(41)8-10-35(50)45(43)88(69,70)71/h5-10,12,15,24,37-40,49H,3-4,11,13-14,16-23,25-27,50-51H2,1-2H3,(H,52,58)(H,56,57)(H,62,63)(H,64,65)(H2,59,60,61)(H,66,67,68)(H,69,70,71)/t37?,38-,39?,40-/m1/s1. The average Bonchev–Trinajstić information content (AvgIpc) is 0.885. The van der Waals surface area contributed by atoms with Gasteiger partial charge < -0.3 is 74.3 Å². The van der Waals surface area contributed by atoms with Crippen molar-refractivity contribution in [2.24, 2.45) is 5.73 Å². The fraction of sp³-hybridized carbons (Fsp3) is 0.479. The van der Waals surface area contributed by atoms with Crippen molar-refractivity contribution >= 4 is 106 Å². The fourth-order valence-electron chi connectivity index (χ4n) is 8.65. The van der Waals surface area contributed by atoms with Crippen LogP contribution in [0, 0.1) is 5.41 Å². The Bertz CT molecular complexity index is 3650. The van der Waals surface area contributed by atoms with Crippen LogP contribution in [0.15, 0.2) is 68.9 Å². The number of carboxylic acid groups (broad SMARTS) is 1. The molecular formula is C48H64N5O28P3S4. The van der Waals surface area contributed by atoms with Gasteiger partial charge in [-0.3, -0.25) is 33.5 Å². The Morgan fingerprint density at radius 1 is 0.830 bits per heavy atom. The highest BCUT2D eigenvalue weighted by Gasteiger charge is 2.45. The van der Waals surface area contributed by atoms with Crippen LogP contribution in [0.1, 0.15) is 73.1 Å². The summed E-state index contributed by atoms with van der Waals surface area (Å²) < 4.78 is 157. The number of ketones is 2. The third kappa shape index (κ3) is 21.2. The number of carbonyl (C=O) groups excluding carboxylic acids is 3. The first-order valence-corrected chi connectivity index (χ1v) is 35.7. The number of hydrogen-bond acceptors (Lipinski definition) is 26. The molecule has 1 aliphatic carbocycles. The van der Waals surface area contributed by atoms with Crippen LogP contribution >= 0.6 is 45.1 Å². The monoisotopic (exact) mass is 1380 g/mol. The molecule has 6 rings (SSSR count). The zero-order valence-corrected chi connectivity index (χ0v) is 52.5. The highest BCUT2D eigenvalue weighted by atomic mass is 33.1. The minimum atomic E-state index is -5.78. The first-order chi connectivity index (χ1) is 41.1. The van der Waals surface area contributed by atoms with Gasteiger partial charge in [-0.15, -0.1) is 0 Å². The Hall–Kier alpha value is -4.60. The smallest absolute Gasteiger partial charge is 0.478 e. The van der Waals surface area contributed by atoms with Gasteiger partial charge in [-0.1, -0.05) is 33.7 Å². The Morgan fingerprint density at radius 2 is 1.45 bits per heavy atom. The summed E-state index contributed by atoms with van der Waals surface area (Å²) in [4.78, 5) is 87.5. The Kier molecular flexibility index (Phi) is 25.6. The number of nitrogens with zero attached hydrogens (tertiary/aromatic N) is 1. The Morgan fingerprint density at radius 3 is 2.07 bits per heavy atom. The number of aromatic carboxylic acids is 1. The molecule has 488 valence electrons. The summed E-state index contributed by atoms with van der Waals surface area (Å²) in [7, 11) is -24.6. The molecule has 88 heavy (non-hydrogen) atoms. The second-order valence-corrected chi connectivity index (χ2v) is 29.8. The van der Waals surface area contributed by atoms with E-state index in [2.05, 4.69) is 13.9 Å². The number of amides is 2. The number of nitrogens with two attached hydrogens (primary N) is 2. The van der Waals surface area contributed by atoms with E-state index >= 15 is 0 Å². The normalized spacial score (nSPS) is 19.0. The Balaban J connectivity index is 0.842. The van der Waals surface area contributed by atoms with Crippen molar-refractivity contribution in [3.8, 4) is 22.5 Å². The molecule has 2 aromatic rings. The predicted octanol–water partition coefficient (Wildman–Crippen LogP) is 5.01. The highest BCUT2D eigenvalue weighted by Crippen LogP contribution is 2.66. The minimum Gasteiger partial charge on any atom is -0.478 e. The first-order valence-electron chi connectivity index (χ1n) is 26.0. The molecule has 3 aliphatic heterocycles. The van der Waals surface area contributed by atoms with E-state index in [1.807, 2.05) is 13.8 Å². The van der Waals surface area contributed by atoms with Crippen molar-refractivity contribution < 1.29 is 129 Å². The van der Waals surface area contributed by atoms with Crippen LogP contribution in [0.4, 0.5) is 10.5 Å².